The maximum Gasteiger partial charge on any atom is 0.226 e. The van der Waals surface area contributed by atoms with E-state index in [9.17, 15) is 13.5 Å². The van der Waals surface area contributed by atoms with Crippen molar-refractivity contribution >= 4 is 9.84 Å². The second kappa shape index (κ2) is 9.69. The van der Waals surface area contributed by atoms with Crippen molar-refractivity contribution in [3.8, 4) is 0 Å². The summed E-state index contributed by atoms with van der Waals surface area (Å²) in [6.45, 7) is 14.5. The van der Waals surface area contributed by atoms with E-state index < -0.39 is 19.6 Å². The van der Waals surface area contributed by atoms with Crippen molar-refractivity contribution in [3.63, 3.8) is 0 Å². The number of fused-ring (bicyclic) bond motifs is 1. The Hall–Kier alpha value is -1.20. The lowest BCUT2D eigenvalue weighted by Gasteiger charge is -2.44. The highest BCUT2D eigenvalue weighted by molar-refractivity contribution is 7.94. The predicted molar refractivity (Wildman–Crippen MR) is 140 cm³/mol. The number of allylic oxidation sites excluding steroid dienone is 5. The van der Waals surface area contributed by atoms with Crippen molar-refractivity contribution in [2.45, 2.75) is 109 Å². The third-order valence-electron chi connectivity index (χ3n) is 8.89. The molecule has 5 heteroatoms. The largest absolute Gasteiger partial charge is 0.393 e. The van der Waals surface area contributed by atoms with Crippen molar-refractivity contribution < 1.29 is 17.9 Å². The molecule has 3 fully saturated rings. The second-order valence-corrected chi connectivity index (χ2v) is 15.4. The summed E-state index contributed by atoms with van der Waals surface area (Å²) in [6, 6.07) is 0. The van der Waals surface area contributed by atoms with E-state index >= 15 is 4.39 Å². The van der Waals surface area contributed by atoms with Gasteiger partial charge in [-0.2, -0.15) is 0 Å². The van der Waals surface area contributed by atoms with Gasteiger partial charge in [0.1, 0.15) is 0 Å². The third kappa shape index (κ3) is 5.16. The number of aliphatic hydroxyl groups is 1. The molecule has 0 amide bonds. The van der Waals surface area contributed by atoms with E-state index in [4.69, 9.17) is 0 Å². The van der Waals surface area contributed by atoms with E-state index in [2.05, 4.69) is 32.6 Å². The molecule has 1 N–H and O–H groups in total. The van der Waals surface area contributed by atoms with E-state index in [1.165, 1.54) is 24.1 Å². The Bertz CT molecular complexity index is 979. The third-order valence-corrected chi connectivity index (χ3v) is 11.7. The lowest BCUT2D eigenvalue weighted by atomic mass is 9.61. The van der Waals surface area contributed by atoms with Gasteiger partial charge in [-0.15, -0.1) is 0 Å². The first-order valence-electron chi connectivity index (χ1n) is 13.0. The Labute approximate surface area is 207 Å². The van der Waals surface area contributed by atoms with Crippen LogP contribution in [0.25, 0.3) is 0 Å². The summed E-state index contributed by atoms with van der Waals surface area (Å²) < 4.78 is 39.6. The molecular formula is C29H45FO3S. The van der Waals surface area contributed by atoms with E-state index in [0.717, 1.165) is 50.5 Å². The molecule has 0 spiro atoms. The zero-order chi connectivity index (χ0) is 25.5. The van der Waals surface area contributed by atoms with Crippen LogP contribution in [-0.2, 0) is 9.84 Å². The summed E-state index contributed by atoms with van der Waals surface area (Å²) in [4.78, 5) is 0. The van der Waals surface area contributed by atoms with E-state index in [1.807, 2.05) is 6.08 Å². The molecule has 0 aromatic carbocycles. The maximum atomic E-state index is 15.3. The average molecular weight is 493 g/mol. The van der Waals surface area contributed by atoms with Crippen molar-refractivity contribution in [1.82, 2.24) is 0 Å². The Morgan fingerprint density at radius 3 is 2.47 bits per heavy atom. The number of halogens is 1. The van der Waals surface area contributed by atoms with Gasteiger partial charge in [-0.3, -0.25) is 0 Å². The van der Waals surface area contributed by atoms with E-state index in [0.29, 0.717) is 18.3 Å². The van der Waals surface area contributed by atoms with Crippen LogP contribution in [0.4, 0.5) is 4.39 Å². The summed E-state index contributed by atoms with van der Waals surface area (Å²) in [7, 11) is -3.96. The Kier molecular flexibility index (Phi) is 7.80. The first-order valence-corrected chi connectivity index (χ1v) is 14.5. The molecule has 3 aliphatic rings. The van der Waals surface area contributed by atoms with Crippen LogP contribution in [0.5, 0.6) is 0 Å². The number of sulfone groups is 1. The fraction of sp³-hybridized carbons (Fsp3) is 0.724. The van der Waals surface area contributed by atoms with Crippen molar-refractivity contribution in [1.29, 1.82) is 0 Å². The van der Waals surface area contributed by atoms with Gasteiger partial charge in [0.15, 0.2) is 9.84 Å². The quantitative estimate of drug-likeness (QED) is 0.411. The van der Waals surface area contributed by atoms with Gasteiger partial charge < -0.3 is 5.11 Å². The molecule has 0 radical (unpaired) electrons. The number of rotatable bonds is 5. The second-order valence-electron chi connectivity index (χ2n) is 12.3. The average Bonchev–Trinajstić information content (AvgIpc) is 3.09. The van der Waals surface area contributed by atoms with Gasteiger partial charge in [-0.1, -0.05) is 49.8 Å². The molecule has 0 aromatic rings. The monoisotopic (exact) mass is 492 g/mol. The van der Waals surface area contributed by atoms with Crippen LogP contribution in [0.3, 0.4) is 0 Å². The molecule has 3 saturated carbocycles. The van der Waals surface area contributed by atoms with Gasteiger partial charge in [0.2, 0.25) is 5.00 Å². The Balaban J connectivity index is 1.79. The summed E-state index contributed by atoms with van der Waals surface area (Å²) in [5.74, 6) is 0.992. The summed E-state index contributed by atoms with van der Waals surface area (Å²) in [5.41, 5.74) is 3.93. The summed E-state index contributed by atoms with van der Waals surface area (Å²) >= 11 is 0. The van der Waals surface area contributed by atoms with Crippen molar-refractivity contribution in [3.05, 3.63) is 47.6 Å². The van der Waals surface area contributed by atoms with Crippen LogP contribution < -0.4 is 0 Å². The molecule has 0 saturated heterocycles. The maximum absolute atomic E-state index is 15.3. The summed E-state index contributed by atoms with van der Waals surface area (Å²) in [5, 5.41) is 7.67. The highest BCUT2D eigenvalue weighted by atomic mass is 32.2. The first kappa shape index (κ1) is 27.4. The lowest BCUT2D eigenvalue weighted by molar-refractivity contribution is 0.112. The minimum absolute atomic E-state index is 0.103. The van der Waals surface area contributed by atoms with Crippen LogP contribution in [0, 0.1) is 23.2 Å². The molecule has 6 atom stereocenters. The van der Waals surface area contributed by atoms with Crippen LogP contribution in [0.2, 0.25) is 0 Å². The molecular weight excluding hydrogens is 447 g/mol. The molecule has 3 aliphatic carbocycles. The molecule has 0 bridgehead atoms. The van der Waals surface area contributed by atoms with Crippen molar-refractivity contribution in [2.24, 2.45) is 23.2 Å². The highest BCUT2D eigenvalue weighted by Crippen LogP contribution is 2.59. The fourth-order valence-corrected chi connectivity index (χ4v) is 8.14. The molecule has 0 heterocycles. The Morgan fingerprint density at radius 1 is 1.15 bits per heavy atom. The predicted octanol–water partition coefficient (Wildman–Crippen LogP) is 7.25. The van der Waals surface area contributed by atoms with Gasteiger partial charge >= 0.3 is 0 Å². The molecule has 0 aromatic heterocycles. The number of hydrogen-bond acceptors (Lipinski definition) is 3. The molecule has 3 rings (SSSR count). The minimum atomic E-state index is -3.96. The number of alkyl halides is 1. The standard InChI is InChI=1S/C29H45FO3S/c1-20-10-13-24(31)19-23(20)12-11-22-9-8-17-28(6)25(14-15-26(22)28)21(2)16-18-29(7,30)34(32,33)27(3,4)5/h11-12,16,18,21,24-26,31H,1,8-10,13-15,17,19H2,2-7H3/b18-16+,22-11+,23-12-. The molecule has 192 valence electrons. The van der Waals surface area contributed by atoms with E-state index in [-0.39, 0.29) is 17.4 Å². The SMILES string of the molecule is C=C1CCC(O)C/C1=C/C=C1\CCCC2(C)C1CCC2C(C)/C=C/C(C)(F)S(=O)(=O)C(C)(C)C. The highest BCUT2D eigenvalue weighted by Gasteiger charge is 2.51. The molecule has 3 nitrogen and oxygen atoms in total. The zero-order valence-electron chi connectivity index (χ0n) is 22.0. The Morgan fingerprint density at radius 2 is 1.82 bits per heavy atom. The van der Waals surface area contributed by atoms with Crippen molar-refractivity contribution in [2.75, 3.05) is 0 Å². The van der Waals surface area contributed by atoms with E-state index in [1.54, 1.807) is 20.8 Å². The molecule has 34 heavy (non-hydrogen) atoms. The number of hydrogen-bond donors (Lipinski definition) is 1. The zero-order valence-corrected chi connectivity index (χ0v) is 22.8. The van der Waals surface area contributed by atoms with Crippen LogP contribution in [0.15, 0.2) is 47.6 Å². The summed E-state index contributed by atoms with van der Waals surface area (Å²) in [6.07, 6.45) is 15.2. The fourth-order valence-electron chi connectivity index (χ4n) is 6.68. The van der Waals surface area contributed by atoms with Crippen LogP contribution in [-0.4, -0.2) is 29.4 Å². The molecule has 0 aliphatic heterocycles. The normalized spacial score (nSPS) is 36.1. The van der Waals surface area contributed by atoms with Gasteiger partial charge in [0.05, 0.1) is 10.9 Å². The van der Waals surface area contributed by atoms with Gasteiger partial charge in [0, 0.05) is 0 Å². The smallest absolute Gasteiger partial charge is 0.226 e. The van der Waals surface area contributed by atoms with Gasteiger partial charge in [-0.05, 0) is 114 Å². The topological polar surface area (TPSA) is 54.4 Å². The van der Waals surface area contributed by atoms with Gasteiger partial charge in [0.25, 0.3) is 0 Å². The number of aliphatic hydroxyl groups excluding tert-OH is 1. The van der Waals surface area contributed by atoms with Crippen LogP contribution in [0.1, 0.15) is 92.9 Å². The first-order chi connectivity index (χ1) is 15.6. The van der Waals surface area contributed by atoms with Crippen LogP contribution >= 0.6 is 0 Å². The minimum Gasteiger partial charge on any atom is -0.393 e. The molecule has 6 unspecified atom stereocenters. The van der Waals surface area contributed by atoms with Gasteiger partial charge in [-0.25, -0.2) is 12.8 Å². The lowest BCUT2D eigenvalue weighted by Crippen LogP contribution is -2.42.